The number of esters is 1. The standard InChI is InChI=1S/C31H56N2O7S.HI/c1-3-4-5-6-7-8-9-10-11-12-13-14-15-16-17-18-21-32-30(35)39-26-28(40-31(36)37-2)25-38-29(34)20-19-22-33-23-24-41-27-33;/h23-24,28H,3-22,25-27H2,1-2H3,(H,32,35);1H/t28-;/m1./s1. The predicted molar refractivity (Wildman–Crippen MR) is 180 cm³/mol. The second-order valence-corrected chi connectivity index (χ2v) is 11.6. The van der Waals surface area contributed by atoms with Gasteiger partial charge in [-0.3, -0.25) is 4.79 Å². The number of unbranched alkanes of at least 4 members (excludes halogenated alkanes) is 15. The zero-order chi connectivity index (χ0) is 29.8. The summed E-state index contributed by atoms with van der Waals surface area (Å²) in [4.78, 5) is 37.7. The molecule has 1 heterocycles. The summed E-state index contributed by atoms with van der Waals surface area (Å²) in [6.45, 7) is 3.12. The van der Waals surface area contributed by atoms with Crippen LogP contribution in [0.3, 0.4) is 0 Å². The highest BCUT2D eigenvalue weighted by atomic mass is 127. The minimum Gasteiger partial charge on any atom is -0.462 e. The molecule has 1 atom stereocenters. The van der Waals surface area contributed by atoms with E-state index in [4.69, 9.17) is 14.2 Å². The summed E-state index contributed by atoms with van der Waals surface area (Å²) in [5.41, 5.74) is 0. The number of carbonyl (C=O) groups is 3. The zero-order valence-corrected chi connectivity index (χ0v) is 29.3. The molecule has 1 amide bonds. The lowest BCUT2D eigenvalue weighted by molar-refractivity contribution is -0.148. The third kappa shape index (κ3) is 25.2. The highest BCUT2D eigenvalue weighted by molar-refractivity contribution is 14.0. The van der Waals surface area contributed by atoms with Crippen LogP contribution in [0.5, 0.6) is 0 Å². The molecule has 11 heteroatoms. The Bertz CT molecular complexity index is 715. The minimum absolute atomic E-state index is 0. The number of rotatable bonds is 26. The Kier molecular flexibility index (Phi) is 28.7. The van der Waals surface area contributed by atoms with Crippen LogP contribution in [-0.4, -0.2) is 68.5 Å². The SMILES string of the molecule is CCCCCCCCCCCCCCCCCCNC(=O)OC[C@@H](COC(=O)CCCN1C=CSC1)OC(=O)OC.I. The van der Waals surface area contributed by atoms with Crippen molar-refractivity contribution in [2.45, 2.75) is 129 Å². The summed E-state index contributed by atoms with van der Waals surface area (Å²) in [5.74, 6) is 0.496. The molecule has 0 aromatic heterocycles. The number of nitrogens with one attached hydrogen (secondary N) is 1. The van der Waals surface area contributed by atoms with Crippen LogP contribution < -0.4 is 5.32 Å². The van der Waals surface area contributed by atoms with E-state index < -0.39 is 24.3 Å². The van der Waals surface area contributed by atoms with Gasteiger partial charge in [-0.25, -0.2) is 9.59 Å². The van der Waals surface area contributed by atoms with Crippen LogP contribution in [0.4, 0.5) is 9.59 Å². The Morgan fingerprint density at radius 1 is 0.810 bits per heavy atom. The number of carbonyl (C=O) groups excluding carboxylic acids is 3. The Morgan fingerprint density at radius 2 is 1.36 bits per heavy atom. The third-order valence-corrected chi connectivity index (χ3v) is 7.79. The van der Waals surface area contributed by atoms with Gasteiger partial charge in [-0.05, 0) is 18.2 Å². The van der Waals surface area contributed by atoms with Gasteiger partial charge in [0.05, 0.1) is 13.0 Å². The maximum absolute atomic E-state index is 12.0. The molecule has 9 nitrogen and oxygen atoms in total. The number of nitrogens with zero attached hydrogens (tertiary/aromatic N) is 1. The lowest BCUT2D eigenvalue weighted by atomic mass is 10.0. The van der Waals surface area contributed by atoms with E-state index in [0.29, 0.717) is 13.0 Å². The molecular formula is C31H57IN2O7S. The van der Waals surface area contributed by atoms with Gasteiger partial charge in [-0.2, -0.15) is 0 Å². The first kappa shape index (κ1) is 40.6. The average molecular weight is 729 g/mol. The largest absolute Gasteiger partial charge is 0.508 e. The van der Waals surface area contributed by atoms with E-state index in [1.54, 1.807) is 11.8 Å². The number of halogens is 1. The summed E-state index contributed by atoms with van der Waals surface area (Å²) in [5, 5.41) is 4.74. The lowest BCUT2D eigenvalue weighted by Gasteiger charge is -2.18. The van der Waals surface area contributed by atoms with Crippen molar-refractivity contribution in [3.63, 3.8) is 0 Å². The molecule has 0 spiro atoms. The Morgan fingerprint density at radius 3 is 1.88 bits per heavy atom. The molecule has 1 rings (SSSR count). The Hall–Kier alpha value is -1.37. The van der Waals surface area contributed by atoms with E-state index >= 15 is 0 Å². The molecule has 0 radical (unpaired) electrons. The van der Waals surface area contributed by atoms with Gasteiger partial charge in [-0.15, -0.1) is 35.7 Å². The fraction of sp³-hybridized carbons (Fsp3) is 0.839. The van der Waals surface area contributed by atoms with Gasteiger partial charge in [0.25, 0.3) is 0 Å². The van der Waals surface area contributed by atoms with Crippen molar-refractivity contribution in [3.05, 3.63) is 11.6 Å². The van der Waals surface area contributed by atoms with E-state index in [1.165, 1.54) is 97.0 Å². The molecule has 0 aromatic rings. The molecule has 0 unspecified atom stereocenters. The second kappa shape index (κ2) is 29.7. The summed E-state index contributed by atoms with van der Waals surface area (Å²) in [7, 11) is 1.18. The van der Waals surface area contributed by atoms with Crippen LogP contribution in [-0.2, 0) is 23.7 Å². The molecule has 1 aliphatic rings. The quantitative estimate of drug-likeness (QED) is 0.0406. The van der Waals surface area contributed by atoms with Crippen LogP contribution in [0.2, 0.25) is 0 Å². The molecule has 0 aliphatic carbocycles. The van der Waals surface area contributed by atoms with Crippen LogP contribution in [0.1, 0.15) is 122 Å². The van der Waals surface area contributed by atoms with Crippen LogP contribution in [0.15, 0.2) is 11.6 Å². The van der Waals surface area contributed by atoms with Crippen molar-refractivity contribution < 1.29 is 33.3 Å². The Balaban J connectivity index is 0.0000168. The van der Waals surface area contributed by atoms with E-state index in [2.05, 4.69) is 21.9 Å². The number of hydrogen-bond donors (Lipinski definition) is 1. The monoisotopic (exact) mass is 728 g/mol. The van der Waals surface area contributed by atoms with Crippen LogP contribution in [0, 0.1) is 0 Å². The Labute approximate surface area is 276 Å². The topological polar surface area (TPSA) is 103 Å². The first-order chi connectivity index (χ1) is 20.0. The molecule has 0 bridgehead atoms. The maximum Gasteiger partial charge on any atom is 0.508 e. The van der Waals surface area contributed by atoms with Crippen molar-refractivity contribution in [1.82, 2.24) is 10.2 Å². The number of alkyl carbamates (subject to hydrolysis) is 1. The molecule has 246 valence electrons. The lowest BCUT2D eigenvalue weighted by Crippen LogP contribution is -2.34. The predicted octanol–water partition coefficient (Wildman–Crippen LogP) is 8.54. The van der Waals surface area contributed by atoms with Crippen LogP contribution in [0.25, 0.3) is 0 Å². The molecule has 0 saturated carbocycles. The average Bonchev–Trinajstić information content (AvgIpc) is 3.49. The molecule has 1 N–H and O–H groups in total. The van der Waals surface area contributed by atoms with Gasteiger partial charge >= 0.3 is 18.2 Å². The normalized spacial score (nSPS) is 12.9. The first-order valence-corrected chi connectivity index (χ1v) is 16.9. The highest BCUT2D eigenvalue weighted by Crippen LogP contribution is 2.16. The van der Waals surface area contributed by atoms with E-state index in [9.17, 15) is 14.4 Å². The van der Waals surface area contributed by atoms with Crippen molar-refractivity contribution >= 4 is 54.0 Å². The van der Waals surface area contributed by atoms with Gasteiger partial charge < -0.3 is 29.2 Å². The number of amides is 1. The van der Waals surface area contributed by atoms with E-state index in [1.807, 2.05) is 11.6 Å². The minimum atomic E-state index is -0.939. The first-order valence-electron chi connectivity index (χ1n) is 15.9. The van der Waals surface area contributed by atoms with Crippen molar-refractivity contribution in [3.8, 4) is 0 Å². The fourth-order valence-electron chi connectivity index (χ4n) is 4.52. The molecule has 1 aliphatic heterocycles. The molecule has 0 fully saturated rings. The zero-order valence-electron chi connectivity index (χ0n) is 26.1. The van der Waals surface area contributed by atoms with Crippen molar-refractivity contribution in [1.29, 1.82) is 0 Å². The summed E-state index contributed by atoms with van der Waals surface area (Å²) >= 11 is 1.71. The number of thioether (sulfide) groups is 1. The molecule has 42 heavy (non-hydrogen) atoms. The summed E-state index contributed by atoms with van der Waals surface area (Å²) in [6.07, 6.45) is 21.2. The van der Waals surface area contributed by atoms with Crippen LogP contribution >= 0.6 is 35.7 Å². The fourth-order valence-corrected chi connectivity index (χ4v) is 5.27. The van der Waals surface area contributed by atoms with Crippen molar-refractivity contribution in [2.24, 2.45) is 0 Å². The molecular weight excluding hydrogens is 671 g/mol. The number of methoxy groups -OCH3 is 1. The van der Waals surface area contributed by atoms with E-state index in [-0.39, 0.29) is 43.6 Å². The summed E-state index contributed by atoms with van der Waals surface area (Å²) in [6, 6.07) is 0. The molecule has 0 saturated heterocycles. The molecule has 0 aromatic carbocycles. The van der Waals surface area contributed by atoms with Gasteiger partial charge in [-0.1, -0.05) is 103 Å². The van der Waals surface area contributed by atoms with Gasteiger partial charge in [0, 0.05) is 25.7 Å². The highest BCUT2D eigenvalue weighted by Gasteiger charge is 2.20. The second-order valence-electron chi connectivity index (χ2n) is 10.7. The summed E-state index contributed by atoms with van der Waals surface area (Å²) < 4.78 is 20.0. The number of hydrogen-bond acceptors (Lipinski definition) is 9. The van der Waals surface area contributed by atoms with E-state index in [0.717, 1.165) is 25.3 Å². The van der Waals surface area contributed by atoms with Gasteiger partial charge in [0.1, 0.15) is 13.2 Å². The van der Waals surface area contributed by atoms with Gasteiger partial charge in [0.15, 0.2) is 6.10 Å². The number of ether oxygens (including phenoxy) is 4. The maximum atomic E-state index is 12.0. The smallest absolute Gasteiger partial charge is 0.462 e. The van der Waals surface area contributed by atoms with Crippen molar-refractivity contribution in [2.75, 3.05) is 39.3 Å². The third-order valence-electron chi connectivity index (χ3n) is 6.99. The van der Waals surface area contributed by atoms with Gasteiger partial charge in [0.2, 0.25) is 0 Å².